The highest BCUT2D eigenvalue weighted by molar-refractivity contribution is 7.87. The standard InChI is InChI=1S/C30H27N4O2P/c1-3-36-30(35)28-29(34(33-31-28)24-21-19-23(2)20-22-24)32-37(25-13-7-4-8-14-25,26-15-9-5-10-16-26)27-17-11-6-12-18-27/h4-22H,3H2,1-2H3. The largest absolute Gasteiger partial charge is 0.461 e. The molecule has 1 heterocycles. The number of esters is 1. The van der Waals surface area contributed by atoms with Gasteiger partial charge in [0.05, 0.1) is 19.3 Å². The number of nitrogens with zero attached hydrogens (tertiary/aromatic N) is 4. The van der Waals surface area contributed by atoms with Gasteiger partial charge in [0.15, 0.2) is 5.82 Å². The first-order valence-corrected chi connectivity index (χ1v) is 13.9. The fraction of sp³-hybridized carbons (Fsp3) is 0.100. The summed E-state index contributed by atoms with van der Waals surface area (Å²) in [5, 5.41) is 11.8. The van der Waals surface area contributed by atoms with E-state index in [1.165, 1.54) is 0 Å². The summed E-state index contributed by atoms with van der Waals surface area (Å²) in [6.45, 7) is 4.03. The maximum atomic E-state index is 13.1. The third-order valence-electron chi connectivity index (χ3n) is 6.03. The average molecular weight is 507 g/mol. The molecular weight excluding hydrogens is 479 g/mol. The summed E-state index contributed by atoms with van der Waals surface area (Å²) in [5.74, 6) is -0.181. The van der Waals surface area contributed by atoms with E-state index in [0.29, 0.717) is 5.82 Å². The van der Waals surface area contributed by atoms with E-state index in [2.05, 4.69) is 46.7 Å². The Morgan fingerprint density at radius 2 is 1.27 bits per heavy atom. The van der Waals surface area contributed by atoms with Crippen LogP contribution >= 0.6 is 7.05 Å². The third-order valence-corrected chi connectivity index (χ3v) is 9.65. The first kappa shape index (κ1) is 24.4. The predicted octanol–water partition coefficient (Wildman–Crippen LogP) is 5.56. The van der Waals surface area contributed by atoms with Gasteiger partial charge in [-0.15, -0.1) is 5.10 Å². The van der Waals surface area contributed by atoms with Gasteiger partial charge in [-0.25, -0.2) is 9.54 Å². The molecule has 0 unspecified atom stereocenters. The predicted molar refractivity (Wildman–Crippen MR) is 149 cm³/mol. The first-order chi connectivity index (χ1) is 18.1. The summed E-state index contributed by atoms with van der Waals surface area (Å²) in [4.78, 5) is 13.1. The van der Waals surface area contributed by atoms with Crippen LogP contribution in [0.3, 0.4) is 0 Å². The molecule has 5 rings (SSSR count). The molecule has 0 aliphatic rings. The molecule has 0 amide bonds. The van der Waals surface area contributed by atoms with Gasteiger partial charge in [-0.2, -0.15) is 4.68 Å². The molecule has 4 aromatic carbocycles. The maximum absolute atomic E-state index is 13.1. The lowest BCUT2D eigenvalue weighted by Crippen LogP contribution is -2.25. The van der Waals surface area contributed by atoms with Crippen molar-refractivity contribution in [3.8, 4) is 5.69 Å². The molecule has 0 fully saturated rings. The van der Waals surface area contributed by atoms with Crippen LogP contribution in [0.1, 0.15) is 23.0 Å². The van der Waals surface area contributed by atoms with Crippen LogP contribution in [0.25, 0.3) is 5.69 Å². The fourth-order valence-corrected chi connectivity index (χ4v) is 7.77. The molecule has 0 saturated heterocycles. The van der Waals surface area contributed by atoms with Crippen molar-refractivity contribution in [2.24, 2.45) is 4.74 Å². The zero-order chi connectivity index (χ0) is 25.7. The van der Waals surface area contributed by atoms with Gasteiger partial charge in [0.25, 0.3) is 0 Å². The quantitative estimate of drug-likeness (QED) is 0.214. The Hall–Kier alpha value is -4.28. The van der Waals surface area contributed by atoms with Gasteiger partial charge in [0.2, 0.25) is 5.69 Å². The van der Waals surface area contributed by atoms with Crippen molar-refractivity contribution in [2.45, 2.75) is 13.8 Å². The van der Waals surface area contributed by atoms with Crippen molar-refractivity contribution in [3.05, 3.63) is 127 Å². The fourth-order valence-electron chi connectivity index (χ4n) is 4.25. The van der Waals surface area contributed by atoms with Gasteiger partial charge in [-0.1, -0.05) is 114 Å². The van der Waals surface area contributed by atoms with E-state index >= 15 is 0 Å². The molecule has 5 aromatic rings. The summed E-state index contributed by atoms with van der Waals surface area (Å²) in [5.41, 5.74) is 1.97. The minimum Gasteiger partial charge on any atom is -0.461 e. The highest BCUT2D eigenvalue weighted by Crippen LogP contribution is 2.49. The molecule has 1 aromatic heterocycles. The van der Waals surface area contributed by atoms with Crippen LogP contribution < -0.4 is 15.9 Å². The van der Waals surface area contributed by atoms with Gasteiger partial charge >= 0.3 is 5.97 Å². The van der Waals surface area contributed by atoms with E-state index in [4.69, 9.17) is 9.48 Å². The highest BCUT2D eigenvalue weighted by Gasteiger charge is 2.31. The number of benzene rings is 4. The Kier molecular flexibility index (Phi) is 7.11. The lowest BCUT2D eigenvalue weighted by molar-refractivity contribution is 0.0520. The smallest absolute Gasteiger partial charge is 0.362 e. The second-order valence-electron chi connectivity index (χ2n) is 8.47. The average Bonchev–Trinajstić information content (AvgIpc) is 3.37. The van der Waals surface area contributed by atoms with Crippen LogP contribution in [-0.2, 0) is 4.74 Å². The molecule has 0 saturated carbocycles. The number of hydrogen-bond acceptors (Lipinski definition) is 5. The number of carbonyl (C=O) groups excluding carboxylic acids is 1. The summed E-state index contributed by atoms with van der Waals surface area (Å²) >= 11 is 0. The minimum atomic E-state index is -2.67. The number of carbonyl (C=O) groups is 1. The Balaban J connectivity index is 1.92. The number of rotatable bonds is 7. The molecular formula is C30H27N4O2P. The number of aryl methyl sites for hydroxylation is 1. The summed E-state index contributed by atoms with van der Waals surface area (Å²) in [6, 6.07) is 38.6. The van der Waals surface area contributed by atoms with Crippen molar-refractivity contribution in [2.75, 3.05) is 6.61 Å². The lowest BCUT2D eigenvalue weighted by Gasteiger charge is -2.27. The van der Waals surface area contributed by atoms with E-state index in [0.717, 1.165) is 27.2 Å². The lowest BCUT2D eigenvalue weighted by atomic mass is 10.2. The number of hydrogen-bond donors (Lipinski definition) is 0. The Labute approximate surface area is 216 Å². The maximum Gasteiger partial charge on any atom is 0.362 e. The Morgan fingerprint density at radius 3 is 1.73 bits per heavy atom. The monoisotopic (exact) mass is 506 g/mol. The van der Waals surface area contributed by atoms with Gasteiger partial charge in [0, 0.05) is 15.9 Å². The highest BCUT2D eigenvalue weighted by atomic mass is 31.2. The van der Waals surface area contributed by atoms with E-state index in [9.17, 15) is 4.79 Å². The van der Waals surface area contributed by atoms with Crippen LogP contribution in [0.5, 0.6) is 0 Å². The normalized spacial score (nSPS) is 11.2. The number of ether oxygens (including phenoxy) is 1. The molecule has 7 heteroatoms. The molecule has 0 radical (unpaired) electrons. The Bertz CT molecular complexity index is 1440. The summed E-state index contributed by atoms with van der Waals surface area (Å²) in [6.07, 6.45) is 0. The zero-order valence-corrected chi connectivity index (χ0v) is 21.6. The van der Waals surface area contributed by atoms with Crippen molar-refractivity contribution < 1.29 is 9.53 Å². The third kappa shape index (κ3) is 4.76. The van der Waals surface area contributed by atoms with Crippen LogP contribution in [-0.4, -0.2) is 27.6 Å². The summed E-state index contributed by atoms with van der Waals surface area (Å²) < 4.78 is 12.5. The molecule has 0 aliphatic carbocycles. The van der Waals surface area contributed by atoms with Crippen LogP contribution in [0, 0.1) is 6.92 Å². The second kappa shape index (κ2) is 10.8. The first-order valence-electron chi connectivity index (χ1n) is 12.1. The molecule has 184 valence electrons. The van der Waals surface area contributed by atoms with Crippen molar-refractivity contribution in [1.29, 1.82) is 0 Å². The number of aromatic nitrogens is 3. The Morgan fingerprint density at radius 1 is 0.784 bits per heavy atom. The van der Waals surface area contributed by atoms with Crippen molar-refractivity contribution in [1.82, 2.24) is 15.0 Å². The van der Waals surface area contributed by atoms with Gasteiger partial charge < -0.3 is 4.74 Å². The minimum absolute atomic E-state index is 0.0922. The van der Waals surface area contributed by atoms with Gasteiger partial charge in [-0.3, -0.25) is 0 Å². The summed E-state index contributed by atoms with van der Waals surface area (Å²) in [7, 11) is -2.67. The molecule has 0 N–H and O–H groups in total. The van der Waals surface area contributed by atoms with Gasteiger partial charge in [-0.05, 0) is 26.0 Å². The van der Waals surface area contributed by atoms with Crippen LogP contribution in [0.4, 0.5) is 5.82 Å². The van der Waals surface area contributed by atoms with E-state index in [1.54, 1.807) is 11.6 Å². The molecule has 0 atom stereocenters. The van der Waals surface area contributed by atoms with E-state index in [-0.39, 0.29) is 12.3 Å². The topological polar surface area (TPSA) is 69.4 Å². The van der Waals surface area contributed by atoms with Crippen molar-refractivity contribution in [3.63, 3.8) is 0 Å². The van der Waals surface area contributed by atoms with Crippen LogP contribution in [0.15, 0.2) is 120 Å². The molecule has 0 bridgehead atoms. The molecule has 37 heavy (non-hydrogen) atoms. The van der Waals surface area contributed by atoms with Crippen molar-refractivity contribution >= 4 is 34.8 Å². The molecule has 0 aliphatic heterocycles. The van der Waals surface area contributed by atoms with E-state index in [1.807, 2.05) is 85.8 Å². The molecule has 0 spiro atoms. The zero-order valence-electron chi connectivity index (χ0n) is 20.7. The van der Waals surface area contributed by atoms with E-state index < -0.39 is 13.0 Å². The molecule has 6 nitrogen and oxygen atoms in total. The SMILES string of the molecule is CCOC(=O)c1nnn(-c2ccc(C)cc2)c1N=P(c1ccccc1)(c1ccccc1)c1ccccc1. The second-order valence-corrected chi connectivity index (χ2v) is 11.5. The van der Waals surface area contributed by atoms with Gasteiger partial charge in [0.1, 0.15) is 0 Å². The van der Waals surface area contributed by atoms with Crippen LogP contribution in [0.2, 0.25) is 0 Å².